The smallest absolute Gasteiger partial charge is 0.420 e. The van der Waals surface area contributed by atoms with Crippen molar-refractivity contribution >= 4 is 13.3 Å². The molecule has 1 aromatic rings. The van der Waals surface area contributed by atoms with Crippen LogP contribution in [0.25, 0.3) is 0 Å². The van der Waals surface area contributed by atoms with Crippen molar-refractivity contribution in [1.82, 2.24) is 0 Å². The summed E-state index contributed by atoms with van der Waals surface area (Å²) in [6.07, 6.45) is 0.242. The molecule has 4 nitrogen and oxygen atoms in total. The average Bonchev–Trinajstić information content (AvgIpc) is 2.27. The maximum atomic E-state index is 12.1. The Morgan fingerprint density at radius 3 is 2.16 bits per heavy atom. The van der Waals surface area contributed by atoms with E-state index in [0.717, 1.165) is 0 Å². The standard InChI is InChI=1S/C14H19O4P/c1-9(14(2,3)4)8-19(18)13(17)12-10(15)6-5-7-11(12)16/h5-7,9H,8H2,1-4H3,(H-,15,16,17)/p+1. The van der Waals surface area contributed by atoms with E-state index >= 15 is 0 Å². The maximum Gasteiger partial charge on any atom is 0.420 e. The van der Waals surface area contributed by atoms with E-state index in [1.54, 1.807) is 0 Å². The Labute approximate surface area is 114 Å². The van der Waals surface area contributed by atoms with E-state index in [1.807, 2.05) is 27.7 Å². The fourth-order valence-electron chi connectivity index (χ4n) is 1.48. The largest absolute Gasteiger partial charge is 0.507 e. The molecule has 2 atom stereocenters. The van der Waals surface area contributed by atoms with Crippen molar-refractivity contribution < 1.29 is 19.6 Å². The lowest BCUT2D eigenvalue weighted by Gasteiger charge is -2.23. The van der Waals surface area contributed by atoms with Gasteiger partial charge in [0.15, 0.2) is 11.7 Å². The van der Waals surface area contributed by atoms with Gasteiger partial charge in [-0.05, 0) is 17.5 Å². The Balaban J connectivity index is 2.93. The molecule has 19 heavy (non-hydrogen) atoms. The first-order chi connectivity index (χ1) is 8.64. The van der Waals surface area contributed by atoms with Gasteiger partial charge in [-0.15, -0.1) is 0 Å². The molecule has 0 heterocycles. The fraction of sp³-hybridized carbons (Fsp3) is 0.500. The highest BCUT2D eigenvalue weighted by atomic mass is 31.1. The Bertz CT molecular complexity index is 482. The van der Waals surface area contributed by atoms with Crippen molar-refractivity contribution in [2.75, 3.05) is 6.16 Å². The summed E-state index contributed by atoms with van der Waals surface area (Å²) in [5, 5.41) is 19.2. The lowest BCUT2D eigenvalue weighted by molar-refractivity contribution is 0.107. The lowest BCUT2D eigenvalue weighted by atomic mass is 9.83. The van der Waals surface area contributed by atoms with Gasteiger partial charge in [-0.1, -0.05) is 38.3 Å². The zero-order valence-corrected chi connectivity index (χ0v) is 12.6. The van der Waals surface area contributed by atoms with Crippen LogP contribution in [-0.2, 0) is 4.57 Å². The number of carbonyl (C=O) groups excluding carboxylic acids is 1. The third-order valence-corrected chi connectivity index (χ3v) is 4.93. The number of hydrogen-bond acceptors (Lipinski definition) is 4. The summed E-state index contributed by atoms with van der Waals surface area (Å²) in [6.45, 7) is 7.99. The van der Waals surface area contributed by atoms with Crippen molar-refractivity contribution in [1.29, 1.82) is 0 Å². The van der Waals surface area contributed by atoms with Gasteiger partial charge in [-0.3, -0.25) is 0 Å². The van der Waals surface area contributed by atoms with Crippen LogP contribution in [0, 0.1) is 11.3 Å². The summed E-state index contributed by atoms with van der Waals surface area (Å²) in [5.41, 5.74) is -0.988. The Kier molecular flexibility index (Phi) is 4.70. The Morgan fingerprint density at radius 2 is 1.74 bits per heavy atom. The van der Waals surface area contributed by atoms with Gasteiger partial charge in [-0.2, -0.15) is 0 Å². The average molecular weight is 283 g/mol. The number of carbonyl (C=O) groups is 1. The zero-order valence-electron chi connectivity index (χ0n) is 11.7. The molecule has 0 aliphatic rings. The van der Waals surface area contributed by atoms with Crippen LogP contribution in [0.2, 0.25) is 0 Å². The molecule has 0 aliphatic carbocycles. The molecule has 1 rings (SSSR count). The molecule has 0 aromatic heterocycles. The minimum absolute atomic E-state index is 0.0496. The molecule has 0 saturated carbocycles. The van der Waals surface area contributed by atoms with E-state index in [2.05, 4.69) is 0 Å². The fourth-order valence-corrected chi connectivity index (χ4v) is 3.17. The molecule has 2 unspecified atom stereocenters. The highest BCUT2D eigenvalue weighted by molar-refractivity contribution is 7.64. The van der Waals surface area contributed by atoms with E-state index < -0.39 is 13.3 Å². The van der Waals surface area contributed by atoms with Crippen LogP contribution in [0.4, 0.5) is 0 Å². The second-order valence-corrected chi connectivity index (χ2v) is 7.33. The summed E-state index contributed by atoms with van der Waals surface area (Å²) in [7, 11) is -2.16. The van der Waals surface area contributed by atoms with Gasteiger partial charge >= 0.3 is 13.3 Å². The molecular weight excluding hydrogens is 263 g/mol. The summed E-state index contributed by atoms with van der Waals surface area (Å²) >= 11 is 0. The molecule has 0 amide bonds. The van der Waals surface area contributed by atoms with Crippen LogP contribution in [0.15, 0.2) is 18.2 Å². The van der Waals surface area contributed by atoms with Crippen LogP contribution in [0.5, 0.6) is 11.5 Å². The van der Waals surface area contributed by atoms with Gasteiger partial charge in [0.05, 0.1) is 0 Å². The molecule has 1 aromatic carbocycles. The number of rotatable bonds is 4. The zero-order chi connectivity index (χ0) is 14.8. The van der Waals surface area contributed by atoms with Crippen LogP contribution in [0.1, 0.15) is 38.1 Å². The van der Waals surface area contributed by atoms with E-state index in [-0.39, 0.29) is 34.6 Å². The molecular formula is C14H20O4P+. The van der Waals surface area contributed by atoms with Gasteiger partial charge in [0.1, 0.15) is 11.5 Å². The first kappa shape index (κ1) is 15.6. The van der Waals surface area contributed by atoms with E-state index in [0.29, 0.717) is 0 Å². The second-order valence-electron chi connectivity index (χ2n) is 5.80. The summed E-state index contributed by atoms with van der Waals surface area (Å²) < 4.78 is 12.1. The summed E-state index contributed by atoms with van der Waals surface area (Å²) in [6, 6.07) is 4.01. The van der Waals surface area contributed by atoms with Crippen molar-refractivity contribution in [3.05, 3.63) is 23.8 Å². The number of aromatic hydroxyl groups is 2. The van der Waals surface area contributed by atoms with Crippen LogP contribution < -0.4 is 0 Å². The second kappa shape index (κ2) is 5.70. The summed E-state index contributed by atoms with van der Waals surface area (Å²) in [4.78, 5) is 12.0. The third kappa shape index (κ3) is 3.77. The number of hydrogen-bond donors (Lipinski definition) is 2. The number of phenols is 2. The van der Waals surface area contributed by atoms with E-state index in [1.165, 1.54) is 18.2 Å². The number of phenolic OH excluding ortho intramolecular Hbond substituents is 2. The Hall–Kier alpha value is -1.41. The van der Waals surface area contributed by atoms with Gasteiger partial charge in [0.2, 0.25) is 0 Å². The molecule has 0 bridgehead atoms. The van der Waals surface area contributed by atoms with Crippen LogP contribution >= 0.6 is 7.80 Å². The van der Waals surface area contributed by atoms with Gasteiger partial charge in [0.25, 0.3) is 0 Å². The molecule has 104 valence electrons. The molecule has 0 aliphatic heterocycles. The predicted molar refractivity (Wildman–Crippen MR) is 75.2 cm³/mol. The van der Waals surface area contributed by atoms with Gasteiger partial charge in [0, 0.05) is 5.92 Å². The minimum atomic E-state index is -2.16. The normalized spacial score (nSPS) is 14.0. The molecule has 0 radical (unpaired) electrons. The molecule has 0 saturated heterocycles. The van der Waals surface area contributed by atoms with Crippen molar-refractivity contribution in [3.63, 3.8) is 0 Å². The van der Waals surface area contributed by atoms with Crippen molar-refractivity contribution in [2.24, 2.45) is 11.3 Å². The van der Waals surface area contributed by atoms with E-state index in [4.69, 9.17) is 0 Å². The highest BCUT2D eigenvalue weighted by Gasteiger charge is 2.38. The first-order valence-electron chi connectivity index (χ1n) is 6.14. The quantitative estimate of drug-likeness (QED) is 0.825. The van der Waals surface area contributed by atoms with E-state index in [9.17, 15) is 19.6 Å². The molecule has 5 heteroatoms. The highest BCUT2D eigenvalue weighted by Crippen LogP contribution is 2.40. The lowest BCUT2D eigenvalue weighted by Crippen LogP contribution is -2.20. The minimum Gasteiger partial charge on any atom is -0.507 e. The molecule has 0 spiro atoms. The SMILES string of the molecule is CC(C[P+](=O)C(=O)c1c(O)cccc1O)C(C)(C)C. The Morgan fingerprint density at radius 1 is 1.26 bits per heavy atom. The topological polar surface area (TPSA) is 74.6 Å². The third-order valence-electron chi connectivity index (χ3n) is 3.38. The predicted octanol–water partition coefficient (Wildman–Crippen LogP) is 3.75. The molecule has 0 fully saturated rings. The molecule has 2 N–H and O–H groups in total. The van der Waals surface area contributed by atoms with Crippen molar-refractivity contribution in [2.45, 2.75) is 27.7 Å². The van der Waals surface area contributed by atoms with Gasteiger partial charge in [-0.25, -0.2) is 4.79 Å². The van der Waals surface area contributed by atoms with Crippen LogP contribution in [-0.4, -0.2) is 21.9 Å². The van der Waals surface area contributed by atoms with Gasteiger partial charge < -0.3 is 10.2 Å². The van der Waals surface area contributed by atoms with Crippen molar-refractivity contribution in [3.8, 4) is 11.5 Å². The number of benzene rings is 1. The first-order valence-corrected chi connectivity index (χ1v) is 7.59. The summed E-state index contributed by atoms with van der Waals surface area (Å²) in [5.74, 6) is -0.582. The monoisotopic (exact) mass is 283 g/mol. The van der Waals surface area contributed by atoms with Crippen LogP contribution in [0.3, 0.4) is 0 Å². The maximum absolute atomic E-state index is 12.1.